The molecule has 17 heavy (non-hydrogen) atoms. The Morgan fingerprint density at radius 2 is 2.00 bits per heavy atom. The van der Waals surface area contributed by atoms with E-state index in [-0.39, 0.29) is 5.41 Å². The first-order valence-corrected chi connectivity index (χ1v) is 5.60. The fourth-order valence-corrected chi connectivity index (χ4v) is 1.66. The Hall–Kier alpha value is -1.78. The summed E-state index contributed by atoms with van der Waals surface area (Å²) in [6.07, 6.45) is 2.52. The molecular formula is C12H16N2O3. The molecule has 0 aromatic carbocycles. The molecule has 0 unspecified atom stereocenters. The van der Waals surface area contributed by atoms with E-state index in [4.69, 9.17) is 0 Å². The highest BCUT2D eigenvalue weighted by Crippen LogP contribution is 2.18. The van der Waals surface area contributed by atoms with Crippen LogP contribution in [0, 0.1) is 5.41 Å². The van der Waals surface area contributed by atoms with Crippen molar-refractivity contribution in [1.82, 2.24) is 9.20 Å². The molecular weight excluding hydrogens is 220 g/mol. The maximum absolute atomic E-state index is 11.6. The molecule has 0 saturated heterocycles. The quantitative estimate of drug-likeness (QED) is 0.793. The van der Waals surface area contributed by atoms with Crippen molar-refractivity contribution < 1.29 is 4.42 Å². The van der Waals surface area contributed by atoms with Crippen LogP contribution in [0.25, 0.3) is 5.52 Å². The van der Waals surface area contributed by atoms with Gasteiger partial charge in [-0.25, -0.2) is 18.8 Å². The number of rotatable bonds is 2. The zero-order valence-electron chi connectivity index (χ0n) is 10.3. The highest BCUT2D eigenvalue weighted by molar-refractivity contribution is 5.42. The second-order valence-corrected chi connectivity index (χ2v) is 5.33. The van der Waals surface area contributed by atoms with E-state index in [9.17, 15) is 9.59 Å². The molecule has 5 heteroatoms. The number of fused-ring (bicyclic) bond motifs is 1. The second-order valence-electron chi connectivity index (χ2n) is 5.33. The van der Waals surface area contributed by atoms with Crippen LogP contribution >= 0.6 is 0 Å². The molecule has 92 valence electrons. The van der Waals surface area contributed by atoms with Crippen molar-refractivity contribution in [2.75, 3.05) is 0 Å². The second kappa shape index (κ2) is 3.91. The molecule has 0 fully saturated rings. The third-order valence-corrected chi connectivity index (χ3v) is 2.66. The molecule has 2 rings (SSSR count). The van der Waals surface area contributed by atoms with E-state index in [1.807, 2.05) is 0 Å². The summed E-state index contributed by atoms with van der Waals surface area (Å²) in [6.45, 7) is 6.83. The Labute approximate surface area is 98.3 Å². The first kappa shape index (κ1) is 11.7. The first-order chi connectivity index (χ1) is 7.88. The lowest BCUT2D eigenvalue weighted by molar-refractivity contribution is 0.298. The lowest BCUT2D eigenvalue weighted by atomic mass is 9.92. The molecule has 0 radical (unpaired) electrons. The average molecular weight is 236 g/mol. The minimum absolute atomic E-state index is 0.120. The van der Waals surface area contributed by atoms with Gasteiger partial charge in [-0.1, -0.05) is 20.8 Å². The number of aryl methyl sites for hydroxylation is 1. The SMILES string of the molecule is CC(C)(C)CCn1c(=O)oc(=O)c2cccn21. The van der Waals surface area contributed by atoms with Gasteiger partial charge in [0.25, 0.3) is 0 Å². The van der Waals surface area contributed by atoms with Gasteiger partial charge in [-0.15, -0.1) is 0 Å². The van der Waals surface area contributed by atoms with Gasteiger partial charge in [-0.3, -0.25) is 0 Å². The van der Waals surface area contributed by atoms with Gasteiger partial charge in [0, 0.05) is 12.7 Å². The minimum atomic E-state index is -0.608. The molecule has 0 aliphatic heterocycles. The average Bonchev–Trinajstić information content (AvgIpc) is 2.64. The molecule has 0 N–H and O–H groups in total. The van der Waals surface area contributed by atoms with Gasteiger partial charge in [-0.05, 0) is 24.0 Å². The van der Waals surface area contributed by atoms with Crippen LogP contribution in [-0.4, -0.2) is 9.20 Å². The number of hydrogen-bond acceptors (Lipinski definition) is 3. The Morgan fingerprint density at radius 1 is 1.29 bits per heavy atom. The Kier molecular flexibility index (Phi) is 2.69. The van der Waals surface area contributed by atoms with Crippen LogP contribution in [0.15, 0.2) is 32.3 Å². The lowest BCUT2D eigenvalue weighted by Crippen LogP contribution is -2.31. The summed E-state index contributed by atoms with van der Waals surface area (Å²) in [4.78, 5) is 23.1. The zero-order chi connectivity index (χ0) is 12.6. The van der Waals surface area contributed by atoms with Gasteiger partial charge in [0.1, 0.15) is 5.52 Å². The Morgan fingerprint density at radius 3 is 2.65 bits per heavy atom. The van der Waals surface area contributed by atoms with Crippen LogP contribution in [0.4, 0.5) is 0 Å². The Bertz CT molecular complexity index is 640. The van der Waals surface area contributed by atoms with Gasteiger partial charge >= 0.3 is 11.4 Å². The molecule has 0 bridgehead atoms. The maximum atomic E-state index is 11.6. The molecule has 2 aromatic rings. The molecule has 0 spiro atoms. The summed E-state index contributed by atoms with van der Waals surface area (Å²) in [5.74, 6) is -0.608. The third kappa shape index (κ3) is 2.33. The fourth-order valence-electron chi connectivity index (χ4n) is 1.66. The van der Waals surface area contributed by atoms with Crippen LogP contribution < -0.4 is 11.4 Å². The summed E-state index contributed by atoms with van der Waals surface area (Å²) in [7, 11) is 0. The monoisotopic (exact) mass is 236 g/mol. The zero-order valence-corrected chi connectivity index (χ0v) is 10.3. The van der Waals surface area contributed by atoms with Gasteiger partial charge < -0.3 is 4.42 Å². The van der Waals surface area contributed by atoms with E-state index >= 15 is 0 Å². The van der Waals surface area contributed by atoms with Crippen molar-refractivity contribution >= 4 is 5.52 Å². The number of hydrogen-bond donors (Lipinski definition) is 0. The van der Waals surface area contributed by atoms with Crippen LogP contribution in [0.2, 0.25) is 0 Å². The summed E-state index contributed by atoms with van der Waals surface area (Å²) >= 11 is 0. The standard InChI is InChI=1S/C12H16N2O3/c1-12(2,3)6-8-14-11(16)17-10(15)9-5-4-7-13(9)14/h4-5,7H,6,8H2,1-3H3. The van der Waals surface area contributed by atoms with E-state index in [1.165, 1.54) is 4.68 Å². The topological polar surface area (TPSA) is 56.6 Å². The first-order valence-electron chi connectivity index (χ1n) is 5.60. The van der Waals surface area contributed by atoms with Crippen molar-refractivity contribution in [1.29, 1.82) is 0 Å². The third-order valence-electron chi connectivity index (χ3n) is 2.66. The van der Waals surface area contributed by atoms with Crippen LogP contribution in [0.1, 0.15) is 27.2 Å². The van der Waals surface area contributed by atoms with Gasteiger partial charge in [0.05, 0.1) is 0 Å². The van der Waals surface area contributed by atoms with Crippen molar-refractivity contribution in [3.05, 3.63) is 39.3 Å². The van der Waals surface area contributed by atoms with Crippen LogP contribution in [0.5, 0.6) is 0 Å². The van der Waals surface area contributed by atoms with Gasteiger partial charge in [0.15, 0.2) is 0 Å². The largest absolute Gasteiger partial charge is 0.437 e. The maximum Gasteiger partial charge on any atom is 0.437 e. The van der Waals surface area contributed by atoms with E-state index in [0.29, 0.717) is 12.1 Å². The minimum Gasteiger partial charge on any atom is -0.370 e. The number of nitrogens with zero attached hydrogens (tertiary/aromatic N) is 2. The highest BCUT2D eigenvalue weighted by atomic mass is 16.4. The smallest absolute Gasteiger partial charge is 0.370 e. The van der Waals surface area contributed by atoms with Crippen molar-refractivity contribution in [2.24, 2.45) is 5.41 Å². The molecule has 2 heterocycles. The van der Waals surface area contributed by atoms with E-state index < -0.39 is 11.4 Å². The van der Waals surface area contributed by atoms with Crippen LogP contribution in [0.3, 0.4) is 0 Å². The molecule has 0 atom stereocenters. The normalized spacial score (nSPS) is 12.2. The molecule has 5 nitrogen and oxygen atoms in total. The lowest BCUT2D eigenvalue weighted by Gasteiger charge is -2.18. The van der Waals surface area contributed by atoms with Crippen LogP contribution in [-0.2, 0) is 6.54 Å². The number of aromatic nitrogens is 2. The summed E-state index contributed by atoms with van der Waals surface area (Å²) < 4.78 is 7.68. The molecule has 0 amide bonds. The highest BCUT2D eigenvalue weighted by Gasteiger charge is 2.13. The van der Waals surface area contributed by atoms with E-state index in [1.54, 1.807) is 22.8 Å². The van der Waals surface area contributed by atoms with E-state index in [2.05, 4.69) is 25.2 Å². The predicted octanol–water partition coefficient (Wildman–Crippen LogP) is 1.49. The van der Waals surface area contributed by atoms with Crippen molar-refractivity contribution in [3.63, 3.8) is 0 Å². The molecule has 0 aliphatic rings. The Balaban J connectivity index is 2.50. The summed E-state index contributed by atoms with van der Waals surface area (Å²) in [5.41, 5.74) is -0.0831. The summed E-state index contributed by atoms with van der Waals surface area (Å²) in [5, 5.41) is 0. The molecule has 0 aliphatic carbocycles. The fraction of sp³-hybridized carbons (Fsp3) is 0.500. The van der Waals surface area contributed by atoms with E-state index in [0.717, 1.165) is 6.42 Å². The van der Waals surface area contributed by atoms with Crippen molar-refractivity contribution in [3.8, 4) is 0 Å². The van der Waals surface area contributed by atoms with Gasteiger partial charge in [-0.2, -0.15) is 0 Å². The predicted molar refractivity (Wildman–Crippen MR) is 64.3 cm³/mol. The molecule has 0 saturated carbocycles. The molecule has 2 aromatic heterocycles. The summed E-state index contributed by atoms with van der Waals surface area (Å²) in [6, 6.07) is 3.36. The van der Waals surface area contributed by atoms with Gasteiger partial charge in [0.2, 0.25) is 0 Å². The van der Waals surface area contributed by atoms with Crippen molar-refractivity contribution in [2.45, 2.75) is 33.7 Å².